The molecular formula is C15H17FN2O. The second kappa shape index (κ2) is 4.97. The van der Waals surface area contributed by atoms with Gasteiger partial charge >= 0.3 is 0 Å². The summed E-state index contributed by atoms with van der Waals surface area (Å²) in [5.74, 6) is 0.0140. The number of pyridine rings is 1. The SMILES string of the molecule is CC(C)(c1ccc(F)cc1)C(O)c1cccnc1N. The normalized spacial score (nSPS) is 13.3. The third-order valence-electron chi connectivity index (χ3n) is 3.44. The number of benzene rings is 1. The van der Waals surface area contributed by atoms with Crippen LogP contribution in [-0.2, 0) is 5.41 Å². The van der Waals surface area contributed by atoms with Crippen LogP contribution in [0.5, 0.6) is 0 Å². The topological polar surface area (TPSA) is 59.1 Å². The van der Waals surface area contributed by atoms with Gasteiger partial charge in [0, 0.05) is 17.2 Å². The molecule has 0 aliphatic carbocycles. The van der Waals surface area contributed by atoms with Crippen LogP contribution in [0.25, 0.3) is 0 Å². The maximum atomic E-state index is 13.0. The van der Waals surface area contributed by atoms with E-state index in [2.05, 4.69) is 4.98 Å². The lowest BCUT2D eigenvalue weighted by molar-refractivity contribution is 0.101. The fraction of sp³-hybridized carbons (Fsp3) is 0.267. The molecule has 0 fully saturated rings. The van der Waals surface area contributed by atoms with E-state index in [-0.39, 0.29) is 5.82 Å². The first-order valence-corrected chi connectivity index (χ1v) is 6.07. The van der Waals surface area contributed by atoms with Crippen molar-refractivity contribution in [3.05, 3.63) is 59.5 Å². The highest BCUT2D eigenvalue weighted by Gasteiger charge is 2.32. The van der Waals surface area contributed by atoms with Crippen LogP contribution in [0.2, 0.25) is 0 Å². The largest absolute Gasteiger partial charge is 0.387 e. The van der Waals surface area contributed by atoms with E-state index >= 15 is 0 Å². The van der Waals surface area contributed by atoms with Crippen molar-refractivity contribution in [3.8, 4) is 0 Å². The van der Waals surface area contributed by atoms with Crippen molar-refractivity contribution in [2.75, 3.05) is 5.73 Å². The van der Waals surface area contributed by atoms with Crippen molar-refractivity contribution in [1.82, 2.24) is 4.98 Å². The fourth-order valence-corrected chi connectivity index (χ4v) is 2.09. The van der Waals surface area contributed by atoms with Crippen LogP contribution in [-0.4, -0.2) is 10.1 Å². The Kier molecular flexibility index (Phi) is 3.53. The Morgan fingerprint density at radius 1 is 1.21 bits per heavy atom. The molecule has 100 valence electrons. The molecule has 2 aromatic rings. The van der Waals surface area contributed by atoms with E-state index in [9.17, 15) is 9.50 Å². The molecule has 1 aromatic heterocycles. The van der Waals surface area contributed by atoms with E-state index in [1.54, 1.807) is 30.5 Å². The second-order valence-corrected chi connectivity index (χ2v) is 5.11. The summed E-state index contributed by atoms with van der Waals surface area (Å²) in [7, 11) is 0. The summed E-state index contributed by atoms with van der Waals surface area (Å²) in [5, 5.41) is 10.5. The van der Waals surface area contributed by atoms with Crippen molar-refractivity contribution >= 4 is 5.82 Å². The van der Waals surface area contributed by atoms with Gasteiger partial charge in [-0.1, -0.05) is 32.0 Å². The minimum atomic E-state index is -0.813. The number of aliphatic hydroxyl groups is 1. The van der Waals surface area contributed by atoms with Crippen molar-refractivity contribution in [2.45, 2.75) is 25.4 Å². The first kappa shape index (κ1) is 13.5. The maximum absolute atomic E-state index is 13.0. The molecule has 1 atom stereocenters. The average molecular weight is 260 g/mol. The zero-order valence-electron chi connectivity index (χ0n) is 11.0. The molecule has 1 unspecified atom stereocenters. The van der Waals surface area contributed by atoms with Gasteiger partial charge in [-0.2, -0.15) is 0 Å². The zero-order valence-corrected chi connectivity index (χ0v) is 11.0. The summed E-state index contributed by atoms with van der Waals surface area (Å²) in [4.78, 5) is 3.98. The van der Waals surface area contributed by atoms with Gasteiger partial charge in [-0.15, -0.1) is 0 Å². The van der Waals surface area contributed by atoms with Crippen molar-refractivity contribution in [2.24, 2.45) is 0 Å². The Balaban J connectivity index is 2.39. The standard InChI is InChI=1S/C15H17FN2O/c1-15(2,10-5-7-11(16)8-6-10)13(19)12-4-3-9-18-14(12)17/h3-9,13,19H,1-2H3,(H2,17,18). The van der Waals surface area contributed by atoms with Gasteiger partial charge in [0.1, 0.15) is 11.6 Å². The molecule has 0 radical (unpaired) electrons. The van der Waals surface area contributed by atoms with Crippen molar-refractivity contribution < 1.29 is 9.50 Å². The summed E-state index contributed by atoms with van der Waals surface area (Å²) in [6.45, 7) is 3.77. The molecular weight excluding hydrogens is 243 g/mol. The predicted molar refractivity (Wildman–Crippen MR) is 73.0 cm³/mol. The van der Waals surface area contributed by atoms with Crippen LogP contribution >= 0.6 is 0 Å². The molecule has 0 saturated heterocycles. The highest BCUT2D eigenvalue weighted by atomic mass is 19.1. The summed E-state index contributed by atoms with van der Waals surface area (Å²) in [5.41, 5.74) is 6.61. The first-order valence-electron chi connectivity index (χ1n) is 6.07. The Morgan fingerprint density at radius 2 is 1.84 bits per heavy atom. The highest BCUT2D eigenvalue weighted by molar-refractivity contribution is 5.43. The van der Waals surface area contributed by atoms with Gasteiger partial charge in [-0.3, -0.25) is 0 Å². The average Bonchev–Trinajstić information content (AvgIpc) is 2.39. The number of rotatable bonds is 3. The molecule has 2 rings (SSSR count). The van der Waals surface area contributed by atoms with Crippen LogP contribution in [0.1, 0.15) is 31.1 Å². The Hall–Kier alpha value is -1.94. The smallest absolute Gasteiger partial charge is 0.129 e. The highest BCUT2D eigenvalue weighted by Crippen LogP contribution is 2.38. The molecule has 0 spiro atoms. The van der Waals surface area contributed by atoms with Crippen LogP contribution < -0.4 is 5.73 Å². The molecule has 0 bridgehead atoms. The third kappa shape index (κ3) is 2.58. The lowest BCUT2D eigenvalue weighted by Gasteiger charge is -2.31. The van der Waals surface area contributed by atoms with Gasteiger partial charge in [0.2, 0.25) is 0 Å². The quantitative estimate of drug-likeness (QED) is 0.892. The number of nitrogen functional groups attached to an aromatic ring is 1. The van der Waals surface area contributed by atoms with Gasteiger partial charge in [-0.25, -0.2) is 9.37 Å². The minimum Gasteiger partial charge on any atom is -0.387 e. The Morgan fingerprint density at radius 3 is 2.42 bits per heavy atom. The summed E-state index contributed by atoms with van der Waals surface area (Å²) < 4.78 is 13.0. The first-order chi connectivity index (χ1) is 8.93. The number of anilines is 1. The number of halogens is 1. The van der Waals surface area contributed by atoms with E-state index in [0.717, 1.165) is 5.56 Å². The van der Waals surface area contributed by atoms with Crippen LogP contribution in [0.4, 0.5) is 10.2 Å². The summed E-state index contributed by atoms with van der Waals surface area (Å²) in [6.07, 6.45) is 0.767. The number of nitrogens with two attached hydrogens (primary N) is 1. The second-order valence-electron chi connectivity index (χ2n) is 5.11. The maximum Gasteiger partial charge on any atom is 0.129 e. The lowest BCUT2D eigenvalue weighted by Crippen LogP contribution is -2.27. The summed E-state index contributed by atoms with van der Waals surface area (Å²) in [6, 6.07) is 9.59. The number of aliphatic hydroxyl groups excluding tert-OH is 1. The molecule has 0 saturated carbocycles. The number of nitrogens with zero attached hydrogens (tertiary/aromatic N) is 1. The molecule has 19 heavy (non-hydrogen) atoms. The van der Waals surface area contributed by atoms with Crippen LogP contribution in [0.15, 0.2) is 42.6 Å². The van der Waals surface area contributed by atoms with Gasteiger partial charge < -0.3 is 10.8 Å². The number of hydrogen-bond acceptors (Lipinski definition) is 3. The minimum absolute atomic E-state index is 0.296. The van der Waals surface area contributed by atoms with Gasteiger partial charge in [0.25, 0.3) is 0 Å². The Bertz CT molecular complexity index is 567. The van der Waals surface area contributed by atoms with E-state index in [0.29, 0.717) is 11.4 Å². The van der Waals surface area contributed by atoms with E-state index < -0.39 is 11.5 Å². The van der Waals surface area contributed by atoms with Crippen molar-refractivity contribution in [1.29, 1.82) is 0 Å². The summed E-state index contributed by atoms with van der Waals surface area (Å²) >= 11 is 0. The van der Waals surface area contributed by atoms with E-state index in [4.69, 9.17) is 5.73 Å². The van der Waals surface area contributed by atoms with Gasteiger partial charge in [0.05, 0.1) is 6.10 Å². The molecule has 4 heteroatoms. The molecule has 1 aromatic carbocycles. The zero-order chi connectivity index (χ0) is 14.0. The predicted octanol–water partition coefficient (Wildman–Crippen LogP) is 2.81. The van der Waals surface area contributed by atoms with Crippen LogP contribution in [0.3, 0.4) is 0 Å². The molecule has 3 N–H and O–H groups in total. The molecule has 0 amide bonds. The van der Waals surface area contributed by atoms with Crippen molar-refractivity contribution in [3.63, 3.8) is 0 Å². The Labute approximate surface area is 111 Å². The van der Waals surface area contributed by atoms with Gasteiger partial charge in [-0.05, 0) is 23.8 Å². The number of aromatic nitrogens is 1. The van der Waals surface area contributed by atoms with E-state index in [1.165, 1.54) is 12.1 Å². The number of hydrogen-bond donors (Lipinski definition) is 2. The fourth-order valence-electron chi connectivity index (χ4n) is 2.09. The van der Waals surface area contributed by atoms with Gasteiger partial charge in [0.15, 0.2) is 0 Å². The third-order valence-corrected chi connectivity index (χ3v) is 3.44. The molecule has 1 heterocycles. The molecule has 0 aliphatic heterocycles. The lowest BCUT2D eigenvalue weighted by atomic mass is 9.77. The van der Waals surface area contributed by atoms with Crippen LogP contribution in [0, 0.1) is 5.82 Å². The molecule has 3 nitrogen and oxygen atoms in total. The van der Waals surface area contributed by atoms with E-state index in [1.807, 2.05) is 13.8 Å². The molecule has 0 aliphatic rings. The monoisotopic (exact) mass is 260 g/mol.